The average Bonchev–Trinajstić information content (AvgIpc) is 2.18. The van der Waals surface area contributed by atoms with Crippen molar-refractivity contribution in [2.45, 2.75) is 33.1 Å². The highest BCUT2D eigenvalue weighted by Crippen LogP contribution is 2.20. The van der Waals surface area contributed by atoms with E-state index in [1.807, 2.05) is 12.4 Å². The highest BCUT2D eigenvalue weighted by molar-refractivity contribution is 5.24. The first-order valence-electron chi connectivity index (χ1n) is 5.37. The lowest BCUT2D eigenvalue weighted by atomic mass is 9.96. The van der Waals surface area contributed by atoms with Crippen LogP contribution in [0.2, 0.25) is 0 Å². The molecule has 1 aromatic rings. The lowest BCUT2D eigenvalue weighted by Gasteiger charge is -2.13. The third-order valence-corrected chi connectivity index (χ3v) is 2.61. The molecule has 14 heavy (non-hydrogen) atoms. The molecule has 0 aliphatic heterocycles. The van der Waals surface area contributed by atoms with E-state index in [2.05, 4.69) is 37.1 Å². The summed E-state index contributed by atoms with van der Waals surface area (Å²) in [4.78, 5) is 4.17. The van der Waals surface area contributed by atoms with E-state index in [4.69, 9.17) is 0 Å². The molecule has 0 spiro atoms. The second-order valence-corrected chi connectivity index (χ2v) is 3.78. The van der Waals surface area contributed by atoms with Crippen molar-refractivity contribution in [3.05, 3.63) is 29.6 Å². The van der Waals surface area contributed by atoms with Crippen LogP contribution in [0.1, 0.15) is 37.3 Å². The van der Waals surface area contributed by atoms with Gasteiger partial charge in [-0.3, -0.25) is 4.98 Å². The molecule has 0 fully saturated rings. The monoisotopic (exact) mass is 192 g/mol. The van der Waals surface area contributed by atoms with Gasteiger partial charge in [-0.25, -0.2) is 0 Å². The van der Waals surface area contributed by atoms with Gasteiger partial charge in [-0.15, -0.1) is 0 Å². The van der Waals surface area contributed by atoms with E-state index in [1.165, 1.54) is 17.5 Å². The van der Waals surface area contributed by atoms with Crippen molar-refractivity contribution in [3.8, 4) is 0 Å². The Hall–Kier alpha value is -0.890. The first kappa shape index (κ1) is 11.2. The van der Waals surface area contributed by atoms with Crippen LogP contribution in [0.15, 0.2) is 18.5 Å². The van der Waals surface area contributed by atoms with Crippen molar-refractivity contribution in [3.63, 3.8) is 0 Å². The van der Waals surface area contributed by atoms with Gasteiger partial charge in [-0.1, -0.05) is 13.8 Å². The van der Waals surface area contributed by atoms with Gasteiger partial charge in [0.2, 0.25) is 0 Å². The van der Waals surface area contributed by atoms with Crippen molar-refractivity contribution in [1.82, 2.24) is 10.3 Å². The summed E-state index contributed by atoms with van der Waals surface area (Å²) in [5, 5.41) is 3.35. The molecule has 2 nitrogen and oxygen atoms in total. The maximum absolute atomic E-state index is 4.17. The van der Waals surface area contributed by atoms with E-state index in [0.29, 0.717) is 5.92 Å². The molecule has 0 aliphatic carbocycles. The van der Waals surface area contributed by atoms with E-state index >= 15 is 0 Å². The topological polar surface area (TPSA) is 24.9 Å². The maximum atomic E-state index is 4.17. The molecular formula is C12H20N2. The minimum Gasteiger partial charge on any atom is -0.317 e. The normalized spacial score (nSPS) is 12.8. The molecule has 1 atom stereocenters. The predicted molar refractivity (Wildman–Crippen MR) is 60.5 cm³/mol. The molecule has 0 saturated carbocycles. The summed E-state index contributed by atoms with van der Waals surface area (Å²) >= 11 is 0. The molecule has 2 heteroatoms. The number of aryl methyl sites for hydroxylation is 1. The van der Waals surface area contributed by atoms with Gasteiger partial charge >= 0.3 is 0 Å². The van der Waals surface area contributed by atoms with Crippen LogP contribution in [-0.2, 0) is 0 Å². The van der Waals surface area contributed by atoms with Crippen LogP contribution in [0.5, 0.6) is 0 Å². The summed E-state index contributed by atoms with van der Waals surface area (Å²) in [5.74, 6) is 0.600. The van der Waals surface area contributed by atoms with E-state index in [9.17, 15) is 0 Å². The first-order valence-corrected chi connectivity index (χ1v) is 5.37. The van der Waals surface area contributed by atoms with Crippen molar-refractivity contribution < 1.29 is 0 Å². The zero-order chi connectivity index (χ0) is 10.4. The summed E-state index contributed by atoms with van der Waals surface area (Å²) in [7, 11) is 0. The predicted octanol–water partition coefficient (Wildman–Crippen LogP) is 2.49. The van der Waals surface area contributed by atoms with E-state index < -0.39 is 0 Å². The van der Waals surface area contributed by atoms with E-state index in [0.717, 1.165) is 13.1 Å². The first-order chi connectivity index (χ1) is 6.75. The number of rotatable bonds is 5. The average molecular weight is 192 g/mol. The zero-order valence-electron chi connectivity index (χ0n) is 9.38. The smallest absolute Gasteiger partial charge is 0.0305 e. The van der Waals surface area contributed by atoms with Gasteiger partial charge in [0.15, 0.2) is 0 Å². The van der Waals surface area contributed by atoms with E-state index in [-0.39, 0.29) is 0 Å². The van der Waals surface area contributed by atoms with Crippen LogP contribution < -0.4 is 5.32 Å². The van der Waals surface area contributed by atoms with Crippen molar-refractivity contribution >= 4 is 0 Å². The standard InChI is InChI=1S/C12H20N2/c1-4-13-7-5-10(2)12-9-14-8-6-11(12)3/h6,8-10,13H,4-5,7H2,1-3H3. The molecule has 1 unspecified atom stereocenters. The van der Waals surface area contributed by atoms with Crippen molar-refractivity contribution in [2.24, 2.45) is 0 Å². The number of hydrogen-bond donors (Lipinski definition) is 1. The molecule has 1 N–H and O–H groups in total. The Morgan fingerprint density at radius 3 is 2.93 bits per heavy atom. The molecule has 0 aliphatic rings. The third-order valence-electron chi connectivity index (χ3n) is 2.61. The van der Waals surface area contributed by atoms with Gasteiger partial charge in [0.1, 0.15) is 0 Å². The van der Waals surface area contributed by atoms with Crippen LogP contribution in [0.4, 0.5) is 0 Å². The Labute approximate surface area is 86.8 Å². The second-order valence-electron chi connectivity index (χ2n) is 3.78. The fourth-order valence-corrected chi connectivity index (χ4v) is 1.64. The van der Waals surface area contributed by atoms with Gasteiger partial charge in [0, 0.05) is 12.4 Å². The molecular weight excluding hydrogens is 172 g/mol. The number of pyridine rings is 1. The second kappa shape index (κ2) is 5.76. The molecule has 0 aromatic carbocycles. The molecule has 1 rings (SSSR count). The minimum atomic E-state index is 0.600. The Kier molecular flexibility index (Phi) is 4.60. The Morgan fingerprint density at radius 1 is 1.50 bits per heavy atom. The molecule has 0 saturated heterocycles. The van der Waals surface area contributed by atoms with Gasteiger partial charge in [-0.2, -0.15) is 0 Å². The zero-order valence-corrected chi connectivity index (χ0v) is 9.38. The fourth-order valence-electron chi connectivity index (χ4n) is 1.64. The lowest BCUT2D eigenvalue weighted by Crippen LogP contribution is -2.16. The number of nitrogens with one attached hydrogen (secondary N) is 1. The molecule has 0 bridgehead atoms. The van der Waals surface area contributed by atoms with E-state index in [1.54, 1.807) is 0 Å². The van der Waals surface area contributed by atoms with Gasteiger partial charge in [0.25, 0.3) is 0 Å². The highest BCUT2D eigenvalue weighted by Gasteiger charge is 2.07. The molecule has 1 heterocycles. The summed E-state index contributed by atoms with van der Waals surface area (Å²) in [5.41, 5.74) is 2.73. The van der Waals surface area contributed by atoms with Crippen LogP contribution >= 0.6 is 0 Å². The number of hydrogen-bond acceptors (Lipinski definition) is 2. The maximum Gasteiger partial charge on any atom is 0.0305 e. The van der Waals surface area contributed by atoms with Crippen molar-refractivity contribution in [2.75, 3.05) is 13.1 Å². The SMILES string of the molecule is CCNCCC(C)c1cnccc1C. The number of aromatic nitrogens is 1. The Balaban J connectivity index is 2.51. The largest absolute Gasteiger partial charge is 0.317 e. The Morgan fingerprint density at radius 2 is 2.29 bits per heavy atom. The van der Waals surface area contributed by atoms with Crippen LogP contribution in [0, 0.1) is 6.92 Å². The highest BCUT2D eigenvalue weighted by atomic mass is 14.8. The minimum absolute atomic E-state index is 0.600. The summed E-state index contributed by atoms with van der Waals surface area (Å²) < 4.78 is 0. The molecule has 0 amide bonds. The van der Waals surface area contributed by atoms with Crippen LogP contribution in [-0.4, -0.2) is 18.1 Å². The fraction of sp³-hybridized carbons (Fsp3) is 0.583. The van der Waals surface area contributed by atoms with Gasteiger partial charge < -0.3 is 5.32 Å². The summed E-state index contributed by atoms with van der Waals surface area (Å²) in [6.07, 6.45) is 5.03. The lowest BCUT2D eigenvalue weighted by molar-refractivity contribution is 0.605. The molecule has 1 aromatic heterocycles. The molecule has 0 radical (unpaired) electrons. The van der Waals surface area contributed by atoms with Crippen LogP contribution in [0.25, 0.3) is 0 Å². The Bertz CT molecular complexity index is 271. The van der Waals surface area contributed by atoms with Gasteiger partial charge in [-0.05, 0) is 49.5 Å². The quantitative estimate of drug-likeness (QED) is 0.725. The van der Waals surface area contributed by atoms with Crippen LogP contribution in [0.3, 0.4) is 0 Å². The summed E-state index contributed by atoms with van der Waals surface area (Å²) in [6.45, 7) is 8.70. The van der Waals surface area contributed by atoms with Gasteiger partial charge in [0.05, 0.1) is 0 Å². The summed E-state index contributed by atoms with van der Waals surface area (Å²) in [6, 6.07) is 2.08. The third kappa shape index (κ3) is 3.11. The number of nitrogens with zero attached hydrogens (tertiary/aromatic N) is 1. The van der Waals surface area contributed by atoms with Crippen molar-refractivity contribution in [1.29, 1.82) is 0 Å². The molecule has 78 valence electrons.